The molecule has 21 heavy (non-hydrogen) atoms. The van der Waals surface area contributed by atoms with Gasteiger partial charge >= 0.3 is 5.97 Å². The first kappa shape index (κ1) is 14.5. The molecule has 2 aromatic carbocycles. The molecule has 0 bridgehead atoms. The zero-order valence-electron chi connectivity index (χ0n) is 11.4. The largest absolute Gasteiger partial charge is 0.465 e. The molecule has 0 unspecified atom stereocenters. The lowest BCUT2D eigenvalue weighted by Gasteiger charge is -2.08. The van der Waals surface area contributed by atoms with Crippen molar-refractivity contribution in [1.82, 2.24) is 0 Å². The van der Waals surface area contributed by atoms with Crippen LogP contribution in [0.25, 0.3) is 0 Å². The quantitative estimate of drug-likeness (QED) is 0.876. The van der Waals surface area contributed by atoms with Gasteiger partial charge in [-0.3, -0.25) is 0 Å². The topological polar surface area (TPSA) is 62.1 Å². The molecule has 0 amide bonds. The van der Waals surface area contributed by atoms with Gasteiger partial charge in [0.05, 0.1) is 18.2 Å². The predicted molar refractivity (Wildman–Crippen MR) is 76.2 cm³/mol. The smallest absolute Gasteiger partial charge is 0.337 e. The number of nitrogens with zero attached hydrogens (tertiary/aromatic N) is 1. The van der Waals surface area contributed by atoms with Gasteiger partial charge < -0.3 is 10.1 Å². The van der Waals surface area contributed by atoms with Gasteiger partial charge in [0.15, 0.2) is 0 Å². The number of carbonyl (C=O) groups excluding carboxylic acids is 1. The van der Waals surface area contributed by atoms with Crippen molar-refractivity contribution in [2.24, 2.45) is 0 Å². The molecule has 5 heteroatoms. The monoisotopic (exact) mass is 284 g/mol. The number of rotatable bonds is 4. The Balaban J connectivity index is 2.03. The van der Waals surface area contributed by atoms with E-state index in [2.05, 4.69) is 10.1 Å². The van der Waals surface area contributed by atoms with E-state index in [-0.39, 0.29) is 5.56 Å². The van der Waals surface area contributed by atoms with Gasteiger partial charge in [0.25, 0.3) is 0 Å². The Morgan fingerprint density at radius 3 is 2.62 bits per heavy atom. The van der Waals surface area contributed by atoms with Gasteiger partial charge in [-0.25, -0.2) is 9.18 Å². The van der Waals surface area contributed by atoms with E-state index in [1.54, 1.807) is 36.4 Å². The van der Waals surface area contributed by atoms with Gasteiger partial charge in [-0.15, -0.1) is 0 Å². The van der Waals surface area contributed by atoms with Crippen molar-refractivity contribution in [3.63, 3.8) is 0 Å². The second kappa shape index (κ2) is 6.53. The summed E-state index contributed by atoms with van der Waals surface area (Å²) >= 11 is 0. The summed E-state index contributed by atoms with van der Waals surface area (Å²) in [6.45, 7) is 0.451. The second-order valence-corrected chi connectivity index (χ2v) is 4.35. The number of ether oxygens (including phenoxy) is 1. The minimum atomic E-state index is -0.524. The van der Waals surface area contributed by atoms with E-state index in [4.69, 9.17) is 5.26 Å². The van der Waals surface area contributed by atoms with Gasteiger partial charge in [0, 0.05) is 12.2 Å². The molecule has 0 fully saturated rings. The molecular weight excluding hydrogens is 271 g/mol. The first-order valence-electron chi connectivity index (χ1n) is 6.25. The van der Waals surface area contributed by atoms with E-state index < -0.39 is 11.8 Å². The highest BCUT2D eigenvalue weighted by Gasteiger charge is 2.05. The number of esters is 1. The lowest BCUT2D eigenvalue weighted by atomic mass is 10.1. The second-order valence-electron chi connectivity index (χ2n) is 4.35. The minimum Gasteiger partial charge on any atom is -0.465 e. The van der Waals surface area contributed by atoms with E-state index in [1.807, 2.05) is 0 Å². The lowest BCUT2D eigenvalue weighted by Crippen LogP contribution is -2.03. The summed E-state index contributed by atoms with van der Waals surface area (Å²) in [4.78, 5) is 11.3. The van der Waals surface area contributed by atoms with E-state index in [0.29, 0.717) is 12.1 Å². The van der Waals surface area contributed by atoms with Crippen LogP contribution in [-0.4, -0.2) is 13.1 Å². The van der Waals surface area contributed by atoms with Crippen LogP contribution < -0.4 is 5.32 Å². The van der Waals surface area contributed by atoms with Crippen LogP contribution in [0.4, 0.5) is 10.1 Å². The third-order valence-corrected chi connectivity index (χ3v) is 2.95. The van der Waals surface area contributed by atoms with Crippen molar-refractivity contribution in [3.8, 4) is 6.07 Å². The fourth-order valence-corrected chi connectivity index (χ4v) is 1.81. The predicted octanol–water partition coefficient (Wildman–Crippen LogP) is 3.10. The van der Waals surface area contributed by atoms with E-state index >= 15 is 0 Å². The molecule has 0 heterocycles. The number of benzene rings is 2. The van der Waals surface area contributed by atoms with Crippen LogP contribution in [0.15, 0.2) is 42.5 Å². The molecule has 0 saturated heterocycles. The summed E-state index contributed by atoms with van der Waals surface area (Å²) in [5, 5.41) is 11.9. The number of methoxy groups -OCH3 is 1. The number of halogens is 1. The normalized spacial score (nSPS) is 9.76. The van der Waals surface area contributed by atoms with Crippen molar-refractivity contribution >= 4 is 11.7 Å². The molecule has 106 valence electrons. The Hall–Kier alpha value is -2.87. The highest BCUT2D eigenvalue weighted by atomic mass is 19.1. The summed E-state index contributed by atoms with van der Waals surface area (Å²) in [6.07, 6.45) is 0. The van der Waals surface area contributed by atoms with Crippen LogP contribution >= 0.6 is 0 Å². The van der Waals surface area contributed by atoms with Gasteiger partial charge in [-0.2, -0.15) is 5.26 Å². The highest BCUT2D eigenvalue weighted by Crippen LogP contribution is 2.14. The number of hydrogen-bond acceptors (Lipinski definition) is 4. The van der Waals surface area contributed by atoms with Crippen LogP contribution in [0.2, 0.25) is 0 Å². The standard InChI is InChI=1S/C16H13FN2O2/c1-21-16(20)12-3-5-14(6-4-12)19-10-11-2-7-15(17)13(8-11)9-18/h2-8,19H,10H2,1H3. The maximum Gasteiger partial charge on any atom is 0.337 e. The molecule has 0 aliphatic rings. The molecule has 0 aliphatic heterocycles. The molecule has 4 nitrogen and oxygen atoms in total. The Morgan fingerprint density at radius 1 is 1.29 bits per heavy atom. The van der Waals surface area contributed by atoms with Crippen molar-refractivity contribution in [1.29, 1.82) is 5.26 Å². The summed E-state index contributed by atoms with van der Waals surface area (Å²) in [5.41, 5.74) is 2.10. The zero-order valence-corrected chi connectivity index (χ0v) is 11.4. The lowest BCUT2D eigenvalue weighted by molar-refractivity contribution is 0.0601. The van der Waals surface area contributed by atoms with E-state index in [1.165, 1.54) is 19.2 Å². The molecule has 0 radical (unpaired) electrons. The molecule has 2 aromatic rings. The van der Waals surface area contributed by atoms with Crippen molar-refractivity contribution in [2.45, 2.75) is 6.54 Å². The Morgan fingerprint density at radius 2 is 2.00 bits per heavy atom. The molecule has 0 aromatic heterocycles. The highest BCUT2D eigenvalue weighted by molar-refractivity contribution is 5.89. The first-order valence-corrected chi connectivity index (χ1v) is 6.25. The average Bonchev–Trinajstić information content (AvgIpc) is 2.53. The summed E-state index contributed by atoms with van der Waals surface area (Å²) < 4.78 is 17.8. The molecule has 0 atom stereocenters. The fourth-order valence-electron chi connectivity index (χ4n) is 1.81. The maximum absolute atomic E-state index is 13.2. The van der Waals surface area contributed by atoms with Crippen LogP contribution in [0.1, 0.15) is 21.5 Å². The SMILES string of the molecule is COC(=O)c1ccc(NCc2ccc(F)c(C#N)c2)cc1. The molecule has 0 aliphatic carbocycles. The molecule has 0 spiro atoms. The van der Waals surface area contributed by atoms with Gasteiger partial charge in [-0.05, 0) is 42.0 Å². The van der Waals surface area contributed by atoms with E-state index in [9.17, 15) is 9.18 Å². The van der Waals surface area contributed by atoms with Gasteiger partial charge in [-0.1, -0.05) is 6.07 Å². The Labute approximate surface area is 121 Å². The van der Waals surface area contributed by atoms with Gasteiger partial charge in [0.2, 0.25) is 0 Å². The molecule has 0 saturated carbocycles. The summed E-state index contributed by atoms with van der Waals surface area (Å²) in [6, 6.07) is 13.0. The van der Waals surface area contributed by atoms with Crippen LogP contribution in [0, 0.1) is 17.1 Å². The average molecular weight is 284 g/mol. The van der Waals surface area contributed by atoms with E-state index in [0.717, 1.165) is 11.3 Å². The van der Waals surface area contributed by atoms with Crippen molar-refractivity contribution in [2.75, 3.05) is 12.4 Å². The number of anilines is 1. The first-order chi connectivity index (χ1) is 10.1. The van der Waals surface area contributed by atoms with Crippen LogP contribution in [-0.2, 0) is 11.3 Å². The number of nitrogens with one attached hydrogen (secondary N) is 1. The van der Waals surface area contributed by atoms with Gasteiger partial charge in [0.1, 0.15) is 11.9 Å². The molecular formula is C16H13FN2O2. The molecule has 1 N–H and O–H groups in total. The summed E-state index contributed by atoms with van der Waals surface area (Å²) in [5.74, 6) is -0.914. The number of hydrogen-bond donors (Lipinski definition) is 1. The fraction of sp³-hybridized carbons (Fsp3) is 0.125. The Kier molecular flexibility index (Phi) is 4.52. The minimum absolute atomic E-state index is 0.0235. The van der Waals surface area contributed by atoms with Crippen LogP contribution in [0.5, 0.6) is 0 Å². The Bertz CT molecular complexity index is 690. The van der Waals surface area contributed by atoms with Crippen molar-refractivity contribution < 1.29 is 13.9 Å². The number of nitriles is 1. The number of carbonyl (C=O) groups is 1. The molecule has 2 rings (SSSR count). The third-order valence-electron chi connectivity index (χ3n) is 2.95. The van der Waals surface area contributed by atoms with Crippen LogP contribution in [0.3, 0.4) is 0 Å². The third kappa shape index (κ3) is 3.57. The maximum atomic E-state index is 13.2. The summed E-state index contributed by atoms with van der Waals surface area (Å²) in [7, 11) is 1.33. The van der Waals surface area contributed by atoms with Crippen molar-refractivity contribution in [3.05, 3.63) is 65.0 Å². The zero-order chi connectivity index (χ0) is 15.2.